The molecule has 19 heavy (non-hydrogen) atoms. The predicted molar refractivity (Wildman–Crippen MR) is 78.5 cm³/mol. The lowest BCUT2D eigenvalue weighted by Crippen LogP contribution is -1.98. The highest BCUT2D eigenvalue weighted by atomic mass is 15.0. The fourth-order valence-corrected chi connectivity index (χ4v) is 2.41. The Kier molecular flexibility index (Phi) is 2.92. The topological polar surface area (TPSA) is 17.8 Å². The van der Waals surface area contributed by atoms with Crippen molar-refractivity contribution in [2.75, 3.05) is 0 Å². The second-order valence-electron chi connectivity index (χ2n) is 4.72. The van der Waals surface area contributed by atoms with E-state index in [1.165, 1.54) is 17.1 Å². The molecule has 0 unspecified atom stereocenters. The molecular weight excluding hydrogens is 232 g/mol. The van der Waals surface area contributed by atoms with E-state index >= 15 is 0 Å². The van der Waals surface area contributed by atoms with E-state index in [4.69, 9.17) is 0 Å². The fraction of sp³-hybridized carbons (Fsp3) is 0.118. The molecule has 94 valence electrons. The van der Waals surface area contributed by atoms with Gasteiger partial charge in [0, 0.05) is 28.8 Å². The number of rotatable bonds is 2. The summed E-state index contributed by atoms with van der Waals surface area (Å²) in [6.07, 6.45) is 1.83. The molecule has 0 fully saturated rings. The lowest BCUT2D eigenvalue weighted by molar-refractivity contribution is 0.966. The summed E-state index contributed by atoms with van der Waals surface area (Å²) >= 11 is 0. The second-order valence-corrected chi connectivity index (χ2v) is 4.72. The number of aromatic nitrogens is 2. The van der Waals surface area contributed by atoms with Crippen LogP contribution in [0.3, 0.4) is 0 Å². The van der Waals surface area contributed by atoms with E-state index in [1.807, 2.05) is 24.4 Å². The molecule has 2 heteroatoms. The van der Waals surface area contributed by atoms with Crippen LogP contribution in [0.5, 0.6) is 0 Å². The van der Waals surface area contributed by atoms with Gasteiger partial charge in [0.15, 0.2) is 0 Å². The molecule has 0 bridgehead atoms. The number of benzene rings is 1. The Morgan fingerprint density at radius 2 is 1.63 bits per heavy atom. The van der Waals surface area contributed by atoms with Crippen LogP contribution in [-0.4, -0.2) is 9.55 Å². The molecule has 3 aromatic rings. The van der Waals surface area contributed by atoms with E-state index < -0.39 is 0 Å². The molecule has 0 radical (unpaired) electrons. The number of aryl methyl sites for hydroxylation is 2. The van der Waals surface area contributed by atoms with E-state index in [9.17, 15) is 0 Å². The van der Waals surface area contributed by atoms with Crippen molar-refractivity contribution in [1.82, 2.24) is 9.55 Å². The molecule has 0 saturated heterocycles. The van der Waals surface area contributed by atoms with Crippen LogP contribution >= 0.6 is 0 Å². The van der Waals surface area contributed by atoms with Crippen molar-refractivity contribution in [2.24, 2.45) is 0 Å². The zero-order chi connectivity index (χ0) is 13.2. The van der Waals surface area contributed by atoms with Gasteiger partial charge in [-0.2, -0.15) is 0 Å². The molecule has 0 aliphatic rings. The monoisotopic (exact) mass is 248 g/mol. The van der Waals surface area contributed by atoms with Crippen molar-refractivity contribution >= 4 is 0 Å². The van der Waals surface area contributed by atoms with Gasteiger partial charge in [0.25, 0.3) is 0 Å². The summed E-state index contributed by atoms with van der Waals surface area (Å²) in [5, 5.41) is 0. The maximum Gasteiger partial charge on any atom is 0.0702 e. The Morgan fingerprint density at radius 3 is 2.32 bits per heavy atom. The van der Waals surface area contributed by atoms with Crippen LogP contribution in [-0.2, 0) is 0 Å². The van der Waals surface area contributed by atoms with Gasteiger partial charge in [-0.15, -0.1) is 0 Å². The van der Waals surface area contributed by atoms with Gasteiger partial charge in [0.1, 0.15) is 0 Å². The van der Waals surface area contributed by atoms with Crippen LogP contribution in [0.2, 0.25) is 0 Å². The maximum atomic E-state index is 4.41. The molecule has 1 aromatic carbocycles. The largest absolute Gasteiger partial charge is 0.318 e. The average Bonchev–Trinajstić information content (AvgIpc) is 2.79. The van der Waals surface area contributed by atoms with E-state index in [0.29, 0.717) is 0 Å². The highest BCUT2D eigenvalue weighted by Gasteiger charge is 2.05. The molecule has 0 N–H and O–H groups in total. The third-order valence-electron chi connectivity index (χ3n) is 3.34. The van der Waals surface area contributed by atoms with Crippen molar-refractivity contribution in [3.05, 3.63) is 72.2 Å². The Hall–Kier alpha value is -2.35. The predicted octanol–water partition coefficient (Wildman–Crippen LogP) is 4.16. The fourth-order valence-electron chi connectivity index (χ4n) is 2.41. The normalized spacial score (nSPS) is 10.6. The third kappa shape index (κ3) is 2.17. The maximum absolute atomic E-state index is 4.41. The number of hydrogen-bond acceptors (Lipinski definition) is 1. The molecule has 0 spiro atoms. The van der Waals surface area contributed by atoms with Crippen LogP contribution < -0.4 is 0 Å². The van der Waals surface area contributed by atoms with Crippen LogP contribution in [0.1, 0.15) is 11.4 Å². The summed E-state index contributed by atoms with van der Waals surface area (Å²) in [5.74, 6) is 0. The van der Waals surface area contributed by atoms with E-state index in [2.05, 4.69) is 59.8 Å². The standard InChI is InChI=1S/C17H16N2/c1-13-9-10-14(2)19(13)16-7-5-6-15(12-16)17-8-3-4-11-18-17/h3-12H,1-2H3. The highest BCUT2D eigenvalue weighted by Crippen LogP contribution is 2.22. The minimum absolute atomic E-state index is 1.01. The first-order chi connectivity index (χ1) is 9.25. The van der Waals surface area contributed by atoms with Crippen LogP contribution in [0.25, 0.3) is 16.9 Å². The Morgan fingerprint density at radius 1 is 0.842 bits per heavy atom. The van der Waals surface area contributed by atoms with Crippen molar-refractivity contribution in [3.8, 4) is 16.9 Å². The molecule has 0 aliphatic carbocycles. The lowest BCUT2D eigenvalue weighted by Gasteiger charge is -2.11. The number of hydrogen-bond donors (Lipinski definition) is 0. The van der Waals surface area contributed by atoms with Gasteiger partial charge in [-0.25, -0.2) is 0 Å². The van der Waals surface area contributed by atoms with Crippen LogP contribution in [0.15, 0.2) is 60.8 Å². The van der Waals surface area contributed by atoms with Crippen molar-refractivity contribution < 1.29 is 0 Å². The summed E-state index contributed by atoms with van der Waals surface area (Å²) in [6.45, 7) is 4.25. The SMILES string of the molecule is Cc1ccc(C)n1-c1cccc(-c2ccccn2)c1. The van der Waals surface area contributed by atoms with Gasteiger partial charge >= 0.3 is 0 Å². The summed E-state index contributed by atoms with van der Waals surface area (Å²) < 4.78 is 2.26. The van der Waals surface area contributed by atoms with Gasteiger partial charge in [-0.05, 0) is 50.2 Å². The Labute approximate surface area is 113 Å². The lowest BCUT2D eigenvalue weighted by atomic mass is 10.1. The van der Waals surface area contributed by atoms with Gasteiger partial charge in [0.05, 0.1) is 5.69 Å². The molecule has 3 rings (SSSR count). The highest BCUT2D eigenvalue weighted by molar-refractivity contribution is 5.62. The number of nitrogens with zero attached hydrogens (tertiary/aromatic N) is 2. The molecule has 0 saturated carbocycles. The van der Waals surface area contributed by atoms with Crippen LogP contribution in [0, 0.1) is 13.8 Å². The molecular formula is C17H16N2. The van der Waals surface area contributed by atoms with Gasteiger partial charge < -0.3 is 4.57 Å². The Bertz CT molecular complexity index is 677. The van der Waals surface area contributed by atoms with Crippen molar-refractivity contribution in [1.29, 1.82) is 0 Å². The van der Waals surface area contributed by atoms with Crippen LogP contribution in [0.4, 0.5) is 0 Å². The first-order valence-electron chi connectivity index (χ1n) is 6.42. The van der Waals surface area contributed by atoms with Crippen molar-refractivity contribution in [3.63, 3.8) is 0 Å². The minimum atomic E-state index is 1.01. The summed E-state index contributed by atoms with van der Waals surface area (Å²) in [4.78, 5) is 4.41. The molecule has 2 nitrogen and oxygen atoms in total. The van der Waals surface area contributed by atoms with E-state index in [-0.39, 0.29) is 0 Å². The second kappa shape index (κ2) is 4.73. The summed E-state index contributed by atoms with van der Waals surface area (Å²) in [7, 11) is 0. The van der Waals surface area contributed by atoms with E-state index in [1.54, 1.807) is 0 Å². The average molecular weight is 248 g/mol. The quantitative estimate of drug-likeness (QED) is 0.666. The zero-order valence-electron chi connectivity index (χ0n) is 11.2. The van der Waals surface area contributed by atoms with Crippen molar-refractivity contribution in [2.45, 2.75) is 13.8 Å². The zero-order valence-corrected chi connectivity index (χ0v) is 11.2. The van der Waals surface area contributed by atoms with Gasteiger partial charge in [-0.3, -0.25) is 4.98 Å². The van der Waals surface area contributed by atoms with Gasteiger partial charge in [-0.1, -0.05) is 18.2 Å². The summed E-state index contributed by atoms with van der Waals surface area (Å²) in [6, 6.07) is 18.8. The molecule has 0 atom stereocenters. The first kappa shape index (κ1) is 11.7. The Balaban J connectivity index is 2.11. The first-order valence-corrected chi connectivity index (χ1v) is 6.42. The molecule has 2 heterocycles. The number of pyridine rings is 1. The molecule has 2 aromatic heterocycles. The smallest absolute Gasteiger partial charge is 0.0702 e. The van der Waals surface area contributed by atoms with E-state index in [0.717, 1.165) is 11.3 Å². The molecule has 0 amide bonds. The van der Waals surface area contributed by atoms with Gasteiger partial charge in [0.2, 0.25) is 0 Å². The molecule has 0 aliphatic heterocycles. The minimum Gasteiger partial charge on any atom is -0.318 e. The third-order valence-corrected chi connectivity index (χ3v) is 3.34. The summed E-state index contributed by atoms with van der Waals surface area (Å²) in [5.41, 5.74) is 5.83.